The van der Waals surface area contributed by atoms with E-state index in [0.29, 0.717) is 18.6 Å². The number of esters is 1. The SMILES string of the molecule is CCOC(=O)[C@H]1CC2C3Cc4ccccc4[C@@]2(CC)CC1N3. The number of ether oxygens (including phenoxy) is 1. The van der Waals surface area contributed by atoms with Gasteiger partial charge in [0.15, 0.2) is 0 Å². The summed E-state index contributed by atoms with van der Waals surface area (Å²) in [7, 11) is 0. The van der Waals surface area contributed by atoms with Gasteiger partial charge in [-0.2, -0.15) is 0 Å². The van der Waals surface area contributed by atoms with E-state index in [9.17, 15) is 4.79 Å². The van der Waals surface area contributed by atoms with E-state index in [-0.39, 0.29) is 23.3 Å². The summed E-state index contributed by atoms with van der Waals surface area (Å²) in [6.45, 7) is 4.70. The first-order valence-electron chi connectivity index (χ1n) is 8.70. The van der Waals surface area contributed by atoms with E-state index in [4.69, 9.17) is 4.74 Å². The van der Waals surface area contributed by atoms with Gasteiger partial charge in [0.05, 0.1) is 12.5 Å². The van der Waals surface area contributed by atoms with Gasteiger partial charge >= 0.3 is 5.97 Å². The lowest BCUT2D eigenvalue weighted by Crippen LogP contribution is -2.69. The zero-order valence-corrected chi connectivity index (χ0v) is 13.5. The van der Waals surface area contributed by atoms with Crippen LogP contribution in [0.3, 0.4) is 0 Å². The van der Waals surface area contributed by atoms with Gasteiger partial charge in [0.25, 0.3) is 0 Å². The molecule has 4 bridgehead atoms. The lowest BCUT2D eigenvalue weighted by molar-refractivity contribution is -0.155. The molecule has 2 saturated heterocycles. The molecule has 1 aromatic rings. The van der Waals surface area contributed by atoms with E-state index in [1.54, 1.807) is 5.56 Å². The Kier molecular flexibility index (Phi) is 3.30. The number of piperidine rings is 2. The first-order chi connectivity index (χ1) is 10.7. The van der Waals surface area contributed by atoms with Crippen molar-refractivity contribution in [3.05, 3.63) is 35.4 Å². The van der Waals surface area contributed by atoms with Crippen molar-refractivity contribution in [3.8, 4) is 0 Å². The molecular weight excluding hydrogens is 274 g/mol. The van der Waals surface area contributed by atoms with E-state index < -0.39 is 0 Å². The molecule has 2 heterocycles. The third kappa shape index (κ3) is 1.81. The van der Waals surface area contributed by atoms with Crippen molar-refractivity contribution >= 4 is 5.97 Å². The van der Waals surface area contributed by atoms with Crippen LogP contribution in [0.1, 0.15) is 44.2 Å². The average molecular weight is 299 g/mol. The van der Waals surface area contributed by atoms with Crippen LogP contribution < -0.4 is 5.32 Å². The van der Waals surface area contributed by atoms with Crippen LogP contribution in [0.5, 0.6) is 0 Å². The summed E-state index contributed by atoms with van der Waals surface area (Å²) in [4.78, 5) is 12.3. The van der Waals surface area contributed by atoms with Crippen molar-refractivity contribution in [2.45, 2.75) is 57.0 Å². The van der Waals surface area contributed by atoms with Crippen LogP contribution in [0, 0.1) is 11.8 Å². The Bertz CT molecular complexity index is 599. The smallest absolute Gasteiger partial charge is 0.310 e. The Morgan fingerprint density at radius 3 is 2.86 bits per heavy atom. The summed E-state index contributed by atoms with van der Waals surface area (Å²) in [5.41, 5.74) is 3.32. The van der Waals surface area contributed by atoms with Crippen LogP contribution in [0.25, 0.3) is 0 Å². The molecule has 1 N–H and O–H groups in total. The summed E-state index contributed by atoms with van der Waals surface area (Å²) in [5.74, 6) is 0.611. The molecule has 5 rings (SSSR count). The monoisotopic (exact) mass is 299 g/mol. The predicted molar refractivity (Wildman–Crippen MR) is 85.7 cm³/mol. The fourth-order valence-corrected chi connectivity index (χ4v) is 5.50. The van der Waals surface area contributed by atoms with E-state index in [1.807, 2.05) is 6.92 Å². The van der Waals surface area contributed by atoms with Crippen LogP contribution in [0.2, 0.25) is 0 Å². The second-order valence-electron chi connectivity index (χ2n) is 7.16. The molecule has 1 aromatic carbocycles. The highest BCUT2D eigenvalue weighted by atomic mass is 16.5. The summed E-state index contributed by atoms with van der Waals surface area (Å²) in [6, 6.07) is 9.75. The largest absolute Gasteiger partial charge is 0.466 e. The summed E-state index contributed by atoms with van der Waals surface area (Å²) < 4.78 is 5.31. The Balaban J connectivity index is 1.72. The van der Waals surface area contributed by atoms with Gasteiger partial charge in [-0.25, -0.2) is 0 Å². The van der Waals surface area contributed by atoms with Gasteiger partial charge in [-0.1, -0.05) is 31.2 Å². The first kappa shape index (κ1) is 14.3. The van der Waals surface area contributed by atoms with Crippen molar-refractivity contribution in [3.63, 3.8) is 0 Å². The van der Waals surface area contributed by atoms with Gasteiger partial charge < -0.3 is 10.1 Å². The molecule has 0 radical (unpaired) electrons. The molecule has 1 saturated carbocycles. The highest BCUT2D eigenvalue weighted by Crippen LogP contribution is 2.56. The molecule has 2 aliphatic heterocycles. The predicted octanol–water partition coefficient (Wildman–Crippen LogP) is 2.82. The normalized spacial score (nSPS) is 38.5. The van der Waals surface area contributed by atoms with Gasteiger partial charge in [-0.05, 0) is 49.7 Å². The lowest BCUT2D eigenvalue weighted by atomic mass is 9.49. The van der Waals surface area contributed by atoms with Crippen LogP contribution >= 0.6 is 0 Å². The van der Waals surface area contributed by atoms with E-state index >= 15 is 0 Å². The molecule has 3 unspecified atom stereocenters. The van der Waals surface area contributed by atoms with Gasteiger partial charge in [0, 0.05) is 17.5 Å². The van der Waals surface area contributed by atoms with E-state index in [1.165, 1.54) is 12.0 Å². The zero-order chi connectivity index (χ0) is 15.3. The number of carbonyl (C=O) groups excluding carboxylic acids is 1. The van der Waals surface area contributed by atoms with Crippen molar-refractivity contribution < 1.29 is 9.53 Å². The Hall–Kier alpha value is -1.35. The molecule has 0 spiro atoms. The Labute approximate surface area is 132 Å². The summed E-state index contributed by atoms with van der Waals surface area (Å²) in [5, 5.41) is 3.77. The molecule has 3 heteroatoms. The number of fused-ring (bicyclic) bond motifs is 2. The number of benzene rings is 1. The molecular formula is C19H25NO2. The summed E-state index contributed by atoms with van der Waals surface area (Å²) >= 11 is 0. The van der Waals surface area contributed by atoms with Crippen LogP contribution in [-0.2, 0) is 21.4 Å². The molecule has 4 aliphatic rings. The fourth-order valence-electron chi connectivity index (χ4n) is 5.50. The number of carbonyl (C=O) groups is 1. The second-order valence-corrected chi connectivity index (χ2v) is 7.16. The second kappa shape index (κ2) is 5.09. The molecule has 118 valence electrons. The fraction of sp³-hybridized carbons (Fsp3) is 0.632. The van der Waals surface area contributed by atoms with Gasteiger partial charge in [0.2, 0.25) is 0 Å². The van der Waals surface area contributed by atoms with Crippen LogP contribution in [0.15, 0.2) is 24.3 Å². The minimum absolute atomic E-state index is 0.00186. The lowest BCUT2D eigenvalue weighted by Gasteiger charge is -2.61. The zero-order valence-electron chi connectivity index (χ0n) is 13.5. The Morgan fingerprint density at radius 2 is 2.14 bits per heavy atom. The quantitative estimate of drug-likeness (QED) is 0.872. The topological polar surface area (TPSA) is 38.3 Å². The van der Waals surface area contributed by atoms with Crippen LogP contribution in [-0.4, -0.2) is 24.7 Å². The minimum atomic E-state index is 0.00186. The van der Waals surface area contributed by atoms with E-state index in [0.717, 1.165) is 19.3 Å². The van der Waals surface area contributed by atoms with Crippen molar-refractivity contribution in [1.29, 1.82) is 0 Å². The molecule has 2 aliphatic carbocycles. The minimum Gasteiger partial charge on any atom is -0.466 e. The van der Waals surface area contributed by atoms with Gasteiger partial charge in [-0.15, -0.1) is 0 Å². The van der Waals surface area contributed by atoms with Crippen molar-refractivity contribution in [2.75, 3.05) is 6.61 Å². The molecule has 0 aromatic heterocycles. The number of rotatable bonds is 3. The van der Waals surface area contributed by atoms with Gasteiger partial charge in [-0.3, -0.25) is 4.79 Å². The standard InChI is InChI=1S/C19H25NO2/c1-3-19-11-17-13(18(21)22-4-2)10-15(19)16(20-17)9-12-7-5-6-8-14(12)19/h5-8,13,15-17,20H,3-4,9-11H2,1-2H3/t13-,15?,16?,17?,19+/m0/s1. The average Bonchev–Trinajstić information content (AvgIpc) is 2.54. The van der Waals surface area contributed by atoms with Crippen molar-refractivity contribution in [2.24, 2.45) is 11.8 Å². The highest BCUT2D eigenvalue weighted by molar-refractivity contribution is 5.74. The van der Waals surface area contributed by atoms with Crippen LogP contribution in [0.4, 0.5) is 0 Å². The third-order valence-corrected chi connectivity index (χ3v) is 6.42. The Morgan fingerprint density at radius 1 is 1.32 bits per heavy atom. The number of nitrogens with one attached hydrogen (secondary N) is 1. The molecule has 0 amide bonds. The summed E-state index contributed by atoms with van der Waals surface area (Å²) in [6.07, 6.45) is 4.34. The maximum atomic E-state index is 12.3. The van der Waals surface area contributed by atoms with E-state index in [2.05, 4.69) is 36.5 Å². The maximum Gasteiger partial charge on any atom is 0.310 e. The molecule has 3 fully saturated rings. The molecule has 5 atom stereocenters. The first-order valence-corrected chi connectivity index (χ1v) is 8.70. The maximum absolute atomic E-state index is 12.3. The van der Waals surface area contributed by atoms with Gasteiger partial charge in [0.1, 0.15) is 0 Å². The molecule has 3 nitrogen and oxygen atoms in total. The molecule has 22 heavy (non-hydrogen) atoms. The highest BCUT2D eigenvalue weighted by Gasteiger charge is 2.59. The van der Waals surface area contributed by atoms with Crippen molar-refractivity contribution in [1.82, 2.24) is 5.32 Å². The number of hydrogen-bond acceptors (Lipinski definition) is 3. The third-order valence-electron chi connectivity index (χ3n) is 6.42. The number of hydrogen-bond donors (Lipinski definition) is 1.